The van der Waals surface area contributed by atoms with Crippen molar-refractivity contribution in [2.75, 3.05) is 19.9 Å². The smallest absolute Gasteiger partial charge is 0.410 e. The van der Waals surface area contributed by atoms with Gasteiger partial charge in [0.25, 0.3) is 0 Å². The van der Waals surface area contributed by atoms with Gasteiger partial charge >= 0.3 is 6.09 Å². The first-order valence-electron chi connectivity index (χ1n) is 10.4. The van der Waals surface area contributed by atoms with E-state index in [0.717, 1.165) is 24.8 Å². The summed E-state index contributed by atoms with van der Waals surface area (Å²) in [5.74, 6) is 0.799. The Morgan fingerprint density at radius 1 is 1.19 bits per heavy atom. The average molecular weight is 462 g/mol. The molecule has 2 aromatic rings. The van der Waals surface area contributed by atoms with Crippen LogP contribution >= 0.6 is 0 Å². The highest BCUT2D eigenvalue weighted by Crippen LogP contribution is 2.45. The Morgan fingerprint density at radius 3 is 2.50 bits per heavy atom. The fraction of sp³-hybridized carbons (Fsp3) is 0.571. The number of carbonyl (C=O) groups excluding carboxylic acids is 1. The number of hydrogen-bond donors (Lipinski definition) is 0. The molecule has 0 aromatic carbocycles. The molecule has 3 heterocycles. The number of fused-ring (bicyclic) bond motifs is 1. The van der Waals surface area contributed by atoms with Crippen LogP contribution in [0.25, 0.3) is 11.4 Å². The summed E-state index contributed by atoms with van der Waals surface area (Å²) < 4.78 is 36.3. The molecule has 0 spiro atoms. The van der Waals surface area contributed by atoms with E-state index in [1.165, 1.54) is 18.3 Å². The first-order valence-corrected chi connectivity index (χ1v) is 12.3. The van der Waals surface area contributed by atoms with Crippen LogP contribution < -0.4 is 4.74 Å². The largest absolute Gasteiger partial charge is 0.480 e. The summed E-state index contributed by atoms with van der Waals surface area (Å²) in [5, 5.41) is -0.0987. The van der Waals surface area contributed by atoms with Gasteiger partial charge in [0.15, 0.2) is 20.7 Å². The van der Waals surface area contributed by atoms with Gasteiger partial charge in [-0.15, -0.1) is 0 Å². The lowest BCUT2D eigenvalue weighted by atomic mass is 10.1. The summed E-state index contributed by atoms with van der Waals surface area (Å²) in [5.41, 5.74) is 1.64. The van der Waals surface area contributed by atoms with E-state index < -0.39 is 21.5 Å². The number of amides is 1. The van der Waals surface area contributed by atoms with Gasteiger partial charge in [-0.2, -0.15) is 0 Å². The molecule has 2 aromatic heterocycles. The number of carbonyl (C=O) groups is 1. The molecule has 0 N–H and O–H groups in total. The molecule has 0 bridgehead atoms. The summed E-state index contributed by atoms with van der Waals surface area (Å²) in [6, 6.07) is 0. The van der Waals surface area contributed by atoms with Gasteiger partial charge in [0, 0.05) is 30.7 Å². The highest BCUT2D eigenvalue weighted by atomic mass is 32.2. The Bertz CT molecular complexity index is 1170. The standard InChI is InChI=1S/C21H27N5O5S/c1-21(2,3)31-20(27)26-9-8-14-13(10-26)19(32(5,28)29)25-17(24-14)15-16(12-6-7-12)22-11-23-18(15)30-4/h11-12H,6-10H2,1-5H3. The molecule has 4 rings (SSSR count). The van der Waals surface area contributed by atoms with Crippen molar-refractivity contribution < 1.29 is 22.7 Å². The Labute approximate surface area is 187 Å². The van der Waals surface area contributed by atoms with Crippen LogP contribution in [0.3, 0.4) is 0 Å². The second-order valence-electron chi connectivity index (χ2n) is 9.12. The number of ether oxygens (including phenoxy) is 2. The van der Waals surface area contributed by atoms with Crippen LogP contribution in [0, 0.1) is 0 Å². The first-order chi connectivity index (χ1) is 15.0. The van der Waals surface area contributed by atoms with Gasteiger partial charge in [0.1, 0.15) is 17.5 Å². The van der Waals surface area contributed by atoms with E-state index in [0.29, 0.717) is 35.7 Å². The first kappa shape index (κ1) is 22.4. The summed E-state index contributed by atoms with van der Waals surface area (Å²) in [6.07, 6.45) is 4.39. The predicted octanol–water partition coefficient (Wildman–Crippen LogP) is 2.52. The van der Waals surface area contributed by atoms with Crippen molar-refractivity contribution in [1.82, 2.24) is 24.8 Å². The monoisotopic (exact) mass is 461 g/mol. The molecule has 1 aliphatic carbocycles. The van der Waals surface area contributed by atoms with Crippen molar-refractivity contribution in [3.63, 3.8) is 0 Å². The van der Waals surface area contributed by atoms with Gasteiger partial charge in [-0.3, -0.25) is 0 Å². The van der Waals surface area contributed by atoms with Crippen LogP contribution in [0.5, 0.6) is 5.88 Å². The number of nitrogens with zero attached hydrogens (tertiary/aromatic N) is 5. The third kappa shape index (κ3) is 4.52. The molecule has 1 aliphatic heterocycles. The summed E-state index contributed by atoms with van der Waals surface area (Å²) in [4.78, 5) is 31.8. The number of sulfone groups is 1. The maximum absolute atomic E-state index is 12.7. The van der Waals surface area contributed by atoms with Gasteiger partial charge in [-0.05, 0) is 33.6 Å². The molecular weight excluding hydrogens is 434 g/mol. The number of hydrogen-bond acceptors (Lipinski definition) is 9. The van der Waals surface area contributed by atoms with Crippen molar-refractivity contribution in [2.24, 2.45) is 0 Å². The van der Waals surface area contributed by atoms with Gasteiger partial charge in [0.2, 0.25) is 5.88 Å². The molecule has 0 unspecified atom stereocenters. The molecule has 1 amide bonds. The Kier molecular flexibility index (Phi) is 5.56. The lowest BCUT2D eigenvalue weighted by Gasteiger charge is -2.31. The van der Waals surface area contributed by atoms with E-state index in [1.54, 1.807) is 20.8 Å². The predicted molar refractivity (Wildman–Crippen MR) is 115 cm³/mol. The zero-order valence-electron chi connectivity index (χ0n) is 18.9. The van der Waals surface area contributed by atoms with Crippen molar-refractivity contribution >= 4 is 15.9 Å². The third-order valence-electron chi connectivity index (χ3n) is 5.25. The van der Waals surface area contributed by atoms with E-state index >= 15 is 0 Å². The van der Waals surface area contributed by atoms with Crippen LogP contribution in [0.1, 0.15) is 56.5 Å². The van der Waals surface area contributed by atoms with E-state index in [4.69, 9.17) is 14.5 Å². The van der Waals surface area contributed by atoms with Crippen LogP contribution in [0.15, 0.2) is 11.4 Å². The maximum atomic E-state index is 12.7. The Morgan fingerprint density at radius 2 is 1.91 bits per heavy atom. The molecule has 0 saturated heterocycles. The van der Waals surface area contributed by atoms with Crippen LogP contribution in [-0.4, -0.2) is 64.9 Å². The Hall–Kier alpha value is -2.82. The van der Waals surface area contributed by atoms with Crippen molar-refractivity contribution in [3.05, 3.63) is 23.3 Å². The molecule has 172 valence electrons. The van der Waals surface area contributed by atoms with Crippen molar-refractivity contribution in [1.29, 1.82) is 0 Å². The molecule has 2 aliphatic rings. The fourth-order valence-corrected chi connectivity index (χ4v) is 4.58. The molecule has 0 radical (unpaired) electrons. The SMILES string of the molecule is COc1ncnc(C2CC2)c1-c1nc2c(c(S(C)(=O)=O)n1)CN(C(=O)OC(C)(C)C)CC2. The van der Waals surface area contributed by atoms with Crippen molar-refractivity contribution in [3.8, 4) is 17.3 Å². The zero-order valence-corrected chi connectivity index (χ0v) is 19.7. The third-order valence-corrected chi connectivity index (χ3v) is 6.29. The van der Waals surface area contributed by atoms with Crippen LogP contribution in [0.4, 0.5) is 4.79 Å². The lowest BCUT2D eigenvalue weighted by molar-refractivity contribution is 0.0220. The second kappa shape index (κ2) is 7.95. The minimum absolute atomic E-state index is 0.0604. The quantitative estimate of drug-likeness (QED) is 0.632. The second-order valence-corrected chi connectivity index (χ2v) is 11.1. The van der Waals surface area contributed by atoms with Crippen molar-refractivity contribution in [2.45, 2.75) is 63.1 Å². The summed E-state index contributed by atoms with van der Waals surface area (Å²) in [7, 11) is -2.21. The average Bonchev–Trinajstić information content (AvgIpc) is 3.55. The molecule has 0 atom stereocenters. The summed E-state index contributed by atoms with van der Waals surface area (Å²) >= 11 is 0. The molecule has 1 fully saturated rings. The lowest BCUT2D eigenvalue weighted by Crippen LogP contribution is -2.40. The van der Waals surface area contributed by atoms with E-state index in [9.17, 15) is 13.2 Å². The number of aromatic nitrogens is 4. The maximum Gasteiger partial charge on any atom is 0.410 e. The highest BCUT2D eigenvalue weighted by Gasteiger charge is 2.35. The van der Waals surface area contributed by atoms with Gasteiger partial charge in [-0.1, -0.05) is 0 Å². The normalized spacial score (nSPS) is 16.5. The molecular formula is C21H27N5O5S. The van der Waals surface area contributed by atoms with E-state index in [-0.39, 0.29) is 23.3 Å². The van der Waals surface area contributed by atoms with E-state index in [2.05, 4.69) is 15.0 Å². The van der Waals surface area contributed by atoms with E-state index in [1.807, 2.05) is 0 Å². The molecule has 11 heteroatoms. The van der Waals surface area contributed by atoms with Gasteiger partial charge < -0.3 is 14.4 Å². The zero-order chi connectivity index (χ0) is 23.3. The molecule has 1 saturated carbocycles. The molecule has 10 nitrogen and oxygen atoms in total. The topological polar surface area (TPSA) is 124 Å². The number of methoxy groups -OCH3 is 1. The van der Waals surface area contributed by atoms with Crippen LogP contribution in [0.2, 0.25) is 0 Å². The van der Waals surface area contributed by atoms with Gasteiger partial charge in [0.05, 0.1) is 25.0 Å². The molecule has 32 heavy (non-hydrogen) atoms. The number of rotatable bonds is 4. The minimum Gasteiger partial charge on any atom is -0.480 e. The fourth-order valence-electron chi connectivity index (χ4n) is 3.70. The van der Waals surface area contributed by atoms with Gasteiger partial charge in [-0.25, -0.2) is 33.1 Å². The highest BCUT2D eigenvalue weighted by molar-refractivity contribution is 7.90. The van der Waals surface area contributed by atoms with Crippen LogP contribution in [-0.2, 0) is 27.5 Å². The minimum atomic E-state index is -3.71. The Balaban J connectivity index is 1.81. The summed E-state index contributed by atoms with van der Waals surface area (Å²) in [6.45, 7) is 5.77.